The molecule has 0 bridgehead atoms. The number of methoxy groups -OCH3 is 1. The monoisotopic (exact) mass is 311 g/mol. The van der Waals surface area contributed by atoms with Crippen molar-refractivity contribution in [3.8, 4) is 5.75 Å². The zero-order valence-electron chi connectivity index (χ0n) is 13.3. The molecule has 0 heterocycles. The maximum atomic E-state index is 13.8. The average Bonchev–Trinajstić information content (AvgIpc) is 2.41. The van der Waals surface area contributed by atoms with Gasteiger partial charge in [-0.2, -0.15) is 0 Å². The first-order valence-electron chi connectivity index (χ1n) is 6.86. The summed E-state index contributed by atoms with van der Waals surface area (Å²) in [6.07, 6.45) is 2.70. The molecule has 0 saturated carbocycles. The van der Waals surface area contributed by atoms with Crippen molar-refractivity contribution in [1.82, 2.24) is 5.32 Å². The van der Waals surface area contributed by atoms with Crippen LogP contribution in [-0.4, -0.2) is 32.1 Å². The summed E-state index contributed by atoms with van der Waals surface area (Å²) in [6, 6.07) is 4.51. The summed E-state index contributed by atoms with van der Waals surface area (Å²) in [5.41, 5.74) is -0.145. The Bertz CT molecular complexity index is 523. The lowest BCUT2D eigenvalue weighted by atomic mass is 10.2. The summed E-state index contributed by atoms with van der Waals surface area (Å²) >= 11 is 0. The second-order valence-corrected chi connectivity index (χ2v) is 5.52. The standard InChI is InChI=1S/C16H22FNO4/c1-16(2,3)22-15(19)18-9-5-6-12-7-8-13(10-14(12)17)21-11-20-4/h5-8,10H,9,11H2,1-4H3,(H,18,19). The van der Waals surface area contributed by atoms with Crippen LogP contribution < -0.4 is 10.1 Å². The number of nitrogens with one attached hydrogen (secondary N) is 1. The molecule has 1 amide bonds. The van der Waals surface area contributed by atoms with Gasteiger partial charge in [-0.3, -0.25) is 0 Å². The Morgan fingerprint density at radius 2 is 2.09 bits per heavy atom. The molecule has 0 radical (unpaired) electrons. The normalized spacial score (nSPS) is 11.5. The van der Waals surface area contributed by atoms with Crippen molar-refractivity contribution in [2.75, 3.05) is 20.4 Å². The fraction of sp³-hybridized carbons (Fsp3) is 0.438. The van der Waals surface area contributed by atoms with E-state index < -0.39 is 17.5 Å². The molecule has 0 spiro atoms. The minimum Gasteiger partial charge on any atom is -0.467 e. The van der Waals surface area contributed by atoms with Crippen molar-refractivity contribution < 1.29 is 23.4 Å². The summed E-state index contributed by atoms with van der Waals surface area (Å²) in [5, 5.41) is 2.56. The lowest BCUT2D eigenvalue weighted by molar-refractivity contribution is 0.0508. The molecule has 1 N–H and O–H groups in total. The predicted molar refractivity (Wildman–Crippen MR) is 82.2 cm³/mol. The van der Waals surface area contributed by atoms with Crippen LogP contribution in [0.25, 0.3) is 6.08 Å². The van der Waals surface area contributed by atoms with Crippen molar-refractivity contribution in [1.29, 1.82) is 0 Å². The van der Waals surface area contributed by atoms with Crippen LogP contribution in [0, 0.1) is 5.82 Å². The fourth-order valence-electron chi connectivity index (χ4n) is 1.50. The van der Waals surface area contributed by atoms with E-state index in [4.69, 9.17) is 14.2 Å². The Morgan fingerprint density at radius 3 is 2.68 bits per heavy atom. The third kappa shape index (κ3) is 7.08. The molecule has 0 fully saturated rings. The Labute approximate surface area is 130 Å². The molecule has 122 valence electrons. The van der Waals surface area contributed by atoms with Crippen molar-refractivity contribution in [3.63, 3.8) is 0 Å². The third-order valence-electron chi connectivity index (χ3n) is 2.38. The summed E-state index contributed by atoms with van der Waals surface area (Å²) in [7, 11) is 1.49. The quantitative estimate of drug-likeness (QED) is 0.819. The lowest BCUT2D eigenvalue weighted by Crippen LogP contribution is -2.32. The van der Waals surface area contributed by atoms with Crippen LogP contribution in [-0.2, 0) is 9.47 Å². The Balaban J connectivity index is 2.48. The van der Waals surface area contributed by atoms with Crippen LogP contribution in [0.1, 0.15) is 26.3 Å². The van der Waals surface area contributed by atoms with E-state index in [1.807, 2.05) is 0 Å². The molecule has 5 nitrogen and oxygen atoms in total. The Morgan fingerprint density at radius 1 is 1.36 bits per heavy atom. The zero-order valence-corrected chi connectivity index (χ0v) is 13.3. The average molecular weight is 311 g/mol. The van der Waals surface area contributed by atoms with Gasteiger partial charge in [-0.1, -0.05) is 12.2 Å². The molecule has 22 heavy (non-hydrogen) atoms. The van der Waals surface area contributed by atoms with Crippen molar-refractivity contribution in [2.24, 2.45) is 0 Å². The fourth-order valence-corrected chi connectivity index (χ4v) is 1.50. The van der Waals surface area contributed by atoms with Gasteiger partial charge in [0.15, 0.2) is 6.79 Å². The van der Waals surface area contributed by atoms with E-state index in [2.05, 4.69) is 5.32 Å². The summed E-state index contributed by atoms with van der Waals surface area (Å²) in [6.45, 7) is 5.66. The highest BCUT2D eigenvalue weighted by Gasteiger charge is 2.14. The van der Waals surface area contributed by atoms with E-state index in [1.54, 1.807) is 45.1 Å². The van der Waals surface area contributed by atoms with Crippen LogP contribution in [0.4, 0.5) is 9.18 Å². The number of hydrogen-bond acceptors (Lipinski definition) is 4. The van der Waals surface area contributed by atoms with Gasteiger partial charge < -0.3 is 19.5 Å². The maximum Gasteiger partial charge on any atom is 0.407 e. The van der Waals surface area contributed by atoms with Gasteiger partial charge in [0.25, 0.3) is 0 Å². The van der Waals surface area contributed by atoms with Crippen LogP contribution in [0.5, 0.6) is 5.75 Å². The highest BCUT2D eigenvalue weighted by molar-refractivity contribution is 5.68. The molecule has 0 unspecified atom stereocenters. The smallest absolute Gasteiger partial charge is 0.407 e. The van der Waals surface area contributed by atoms with Gasteiger partial charge in [0.1, 0.15) is 17.2 Å². The highest BCUT2D eigenvalue weighted by Crippen LogP contribution is 2.17. The van der Waals surface area contributed by atoms with E-state index in [0.717, 1.165) is 0 Å². The number of hydrogen-bond donors (Lipinski definition) is 1. The lowest BCUT2D eigenvalue weighted by Gasteiger charge is -2.19. The van der Waals surface area contributed by atoms with Gasteiger partial charge in [0, 0.05) is 25.3 Å². The van der Waals surface area contributed by atoms with Crippen LogP contribution in [0.2, 0.25) is 0 Å². The van der Waals surface area contributed by atoms with Crippen LogP contribution in [0.15, 0.2) is 24.3 Å². The third-order valence-corrected chi connectivity index (χ3v) is 2.38. The number of halogens is 1. The number of benzene rings is 1. The number of rotatable bonds is 6. The maximum absolute atomic E-state index is 13.8. The topological polar surface area (TPSA) is 56.8 Å². The van der Waals surface area contributed by atoms with Crippen LogP contribution >= 0.6 is 0 Å². The largest absolute Gasteiger partial charge is 0.467 e. The molecule has 0 aliphatic rings. The Kier molecular flexibility index (Phi) is 6.85. The molecule has 0 atom stereocenters. The number of carbonyl (C=O) groups is 1. The molecule has 1 aromatic rings. The summed E-state index contributed by atoms with van der Waals surface area (Å²) in [5.74, 6) is -0.0227. The number of carbonyl (C=O) groups excluding carboxylic acids is 1. The molecule has 0 saturated heterocycles. The molecule has 0 aromatic heterocycles. The Hall–Kier alpha value is -2.08. The number of ether oxygens (including phenoxy) is 3. The van der Waals surface area contributed by atoms with Crippen molar-refractivity contribution in [3.05, 3.63) is 35.7 Å². The summed E-state index contributed by atoms with van der Waals surface area (Å²) in [4.78, 5) is 11.4. The molecule has 1 rings (SSSR count). The van der Waals surface area contributed by atoms with E-state index in [-0.39, 0.29) is 13.3 Å². The van der Waals surface area contributed by atoms with E-state index in [9.17, 15) is 9.18 Å². The van der Waals surface area contributed by atoms with Crippen molar-refractivity contribution in [2.45, 2.75) is 26.4 Å². The zero-order chi connectivity index (χ0) is 16.6. The minimum absolute atomic E-state index is 0.0639. The van der Waals surface area contributed by atoms with E-state index in [0.29, 0.717) is 11.3 Å². The van der Waals surface area contributed by atoms with Gasteiger partial charge >= 0.3 is 6.09 Å². The first-order chi connectivity index (χ1) is 10.3. The minimum atomic E-state index is -0.544. The number of amides is 1. The van der Waals surface area contributed by atoms with Gasteiger partial charge in [0.2, 0.25) is 0 Å². The first kappa shape index (κ1) is 18.0. The predicted octanol–water partition coefficient (Wildman–Crippen LogP) is 3.35. The first-order valence-corrected chi connectivity index (χ1v) is 6.86. The van der Waals surface area contributed by atoms with Gasteiger partial charge in [0.05, 0.1) is 0 Å². The summed E-state index contributed by atoms with van der Waals surface area (Å²) < 4.78 is 28.8. The molecular formula is C16H22FNO4. The molecule has 6 heteroatoms. The van der Waals surface area contributed by atoms with Gasteiger partial charge in [-0.05, 0) is 32.9 Å². The molecule has 0 aliphatic carbocycles. The van der Waals surface area contributed by atoms with E-state index in [1.165, 1.54) is 13.2 Å². The highest BCUT2D eigenvalue weighted by atomic mass is 19.1. The SMILES string of the molecule is COCOc1ccc(C=CCNC(=O)OC(C)(C)C)c(F)c1. The molecular weight excluding hydrogens is 289 g/mol. The van der Waals surface area contributed by atoms with E-state index >= 15 is 0 Å². The van der Waals surface area contributed by atoms with Gasteiger partial charge in [-0.15, -0.1) is 0 Å². The second kappa shape index (κ2) is 8.38. The van der Waals surface area contributed by atoms with Crippen LogP contribution in [0.3, 0.4) is 0 Å². The van der Waals surface area contributed by atoms with Gasteiger partial charge in [-0.25, -0.2) is 9.18 Å². The molecule has 1 aromatic carbocycles. The second-order valence-electron chi connectivity index (χ2n) is 5.52. The number of alkyl carbamates (subject to hydrolysis) is 1. The molecule has 0 aliphatic heterocycles. The van der Waals surface area contributed by atoms with Crippen molar-refractivity contribution >= 4 is 12.2 Å².